The van der Waals surface area contributed by atoms with E-state index in [1.165, 1.54) is 25.7 Å². The highest BCUT2D eigenvalue weighted by Gasteiger charge is 1.93. The van der Waals surface area contributed by atoms with E-state index in [2.05, 4.69) is 43.4 Å². The summed E-state index contributed by atoms with van der Waals surface area (Å²) in [6.07, 6.45) is 23.3. The van der Waals surface area contributed by atoms with Crippen molar-refractivity contribution in [1.29, 1.82) is 0 Å². The minimum absolute atomic E-state index is 0.290. The van der Waals surface area contributed by atoms with Gasteiger partial charge >= 0.3 is 5.97 Å². The lowest BCUT2D eigenvalue weighted by Crippen LogP contribution is -1.92. The lowest BCUT2D eigenvalue weighted by molar-refractivity contribution is -0.137. The third-order valence-electron chi connectivity index (χ3n) is 3.03. The summed E-state index contributed by atoms with van der Waals surface area (Å²) in [5, 5.41) is 8.48. The van der Waals surface area contributed by atoms with Crippen LogP contribution in [-0.4, -0.2) is 11.1 Å². The normalized spacial score (nSPS) is 12.1. The van der Waals surface area contributed by atoms with Crippen LogP contribution in [0, 0.1) is 0 Å². The molecule has 0 spiro atoms. The predicted octanol–water partition coefficient (Wildman–Crippen LogP) is 5.66. The second-order valence-electron chi connectivity index (χ2n) is 5.02. The highest BCUT2D eigenvalue weighted by atomic mass is 16.4. The molecule has 0 heterocycles. The van der Waals surface area contributed by atoms with Crippen LogP contribution in [0.5, 0.6) is 0 Å². The summed E-state index contributed by atoms with van der Waals surface area (Å²) < 4.78 is 0. The number of aliphatic carboxylic acids is 1. The number of carboxylic acid groups (broad SMARTS) is 1. The molecule has 0 bridgehead atoms. The van der Waals surface area contributed by atoms with Gasteiger partial charge in [0.25, 0.3) is 0 Å². The first-order valence-corrected chi connectivity index (χ1v) is 7.94. The zero-order valence-electron chi connectivity index (χ0n) is 12.9. The van der Waals surface area contributed by atoms with Gasteiger partial charge in [-0.05, 0) is 44.9 Å². The van der Waals surface area contributed by atoms with E-state index < -0.39 is 5.97 Å². The van der Waals surface area contributed by atoms with Crippen LogP contribution in [0.25, 0.3) is 0 Å². The lowest BCUT2D eigenvalue weighted by Gasteiger charge is -1.92. The third kappa shape index (κ3) is 16.7. The summed E-state index contributed by atoms with van der Waals surface area (Å²) in [6.45, 7) is 2.23. The fourth-order valence-electron chi connectivity index (χ4n) is 1.83. The molecule has 0 rings (SSSR count). The Hall–Kier alpha value is -1.31. The molecule has 0 aliphatic carbocycles. The summed E-state index contributed by atoms with van der Waals surface area (Å²) in [6, 6.07) is 0. The van der Waals surface area contributed by atoms with Gasteiger partial charge in [0.1, 0.15) is 0 Å². The van der Waals surface area contributed by atoms with Gasteiger partial charge in [-0.3, -0.25) is 4.79 Å². The van der Waals surface area contributed by atoms with Crippen LogP contribution >= 0.6 is 0 Å². The van der Waals surface area contributed by atoms with Gasteiger partial charge in [-0.25, -0.2) is 0 Å². The van der Waals surface area contributed by atoms with Gasteiger partial charge < -0.3 is 5.11 Å². The van der Waals surface area contributed by atoms with Crippen molar-refractivity contribution in [3.05, 3.63) is 36.5 Å². The van der Waals surface area contributed by atoms with Crippen LogP contribution < -0.4 is 0 Å². The fraction of sp³-hybridized carbons (Fsp3) is 0.611. The zero-order chi connectivity index (χ0) is 14.9. The molecule has 0 aromatic rings. The van der Waals surface area contributed by atoms with Crippen molar-refractivity contribution in [2.75, 3.05) is 0 Å². The number of hydrogen-bond acceptors (Lipinski definition) is 1. The van der Waals surface area contributed by atoms with E-state index >= 15 is 0 Å². The van der Waals surface area contributed by atoms with Crippen molar-refractivity contribution in [1.82, 2.24) is 0 Å². The molecule has 114 valence electrons. The summed E-state index contributed by atoms with van der Waals surface area (Å²) >= 11 is 0. The van der Waals surface area contributed by atoms with Gasteiger partial charge in [0.2, 0.25) is 0 Å². The molecule has 2 nitrogen and oxygen atoms in total. The topological polar surface area (TPSA) is 37.3 Å². The van der Waals surface area contributed by atoms with Gasteiger partial charge in [-0.15, -0.1) is 0 Å². The molecule has 0 unspecified atom stereocenters. The molecule has 1 N–H and O–H groups in total. The molecule has 0 saturated heterocycles. The first-order chi connectivity index (χ1) is 9.77. The first-order valence-electron chi connectivity index (χ1n) is 7.94. The maximum atomic E-state index is 10.3. The van der Waals surface area contributed by atoms with Gasteiger partial charge in [0, 0.05) is 6.42 Å². The Bertz CT molecular complexity index is 301. The summed E-state index contributed by atoms with van der Waals surface area (Å²) in [7, 11) is 0. The number of hydrogen-bond donors (Lipinski definition) is 1. The van der Waals surface area contributed by atoms with Crippen LogP contribution in [0.4, 0.5) is 0 Å². The van der Waals surface area contributed by atoms with Gasteiger partial charge in [-0.2, -0.15) is 0 Å². The second-order valence-corrected chi connectivity index (χ2v) is 5.02. The number of carboxylic acids is 1. The van der Waals surface area contributed by atoms with Crippen LogP contribution in [0.1, 0.15) is 71.1 Å². The average Bonchev–Trinajstić information content (AvgIpc) is 2.43. The maximum Gasteiger partial charge on any atom is 0.303 e. The Labute approximate surface area is 124 Å². The van der Waals surface area contributed by atoms with Gasteiger partial charge in [-0.1, -0.05) is 56.2 Å². The quantitative estimate of drug-likeness (QED) is 0.348. The molecular formula is C18H30O2. The Kier molecular flexibility index (Phi) is 14.7. The molecule has 0 atom stereocenters. The molecule has 0 saturated carbocycles. The van der Waals surface area contributed by atoms with Crippen molar-refractivity contribution in [2.45, 2.75) is 71.1 Å². The average molecular weight is 278 g/mol. The molecule has 2 heteroatoms. The van der Waals surface area contributed by atoms with E-state index in [-0.39, 0.29) is 0 Å². The monoisotopic (exact) mass is 278 g/mol. The van der Waals surface area contributed by atoms with Crippen molar-refractivity contribution in [2.24, 2.45) is 0 Å². The van der Waals surface area contributed by atoms with Crippen molar-refractivity contribution >= 4 is 5.97 Å². The van der Waals surface area contributed by atoms with Crippen LogP contribution in [-0.2, 0) is 4.79 Å². The largest absolute Gasteiger partial charge is 0.481 e. The molecule has 0 fully saturated rings. The summed E-state index contributed by atoms with van der Waals surface area (Å²) in [5.41, 5.74) is 0. The van der Waals surface area contributed by atoms with E-state index in [4.69, 9.17) is 5.11 Å². The Morgan fingerprint density at radius 1 is 0.800 bits per heavy atom. The SMILES string of the molecule is CCCCC/C=C\C/C=C\C/C=C/CCCCC(=O)O. The molecule has 0 aliphatic rings. The molecule has 20 heavy (non-hydrogen) atoms. The van der Waals surface area contributed by atoms with E-state index in [9.17, 15) is 4.79 Å². The zero-order valence-corrected chi connectivity index (χ0v) is 12.9. The van der Waals surface area contributed by atoms with E-state index in [1.807, 2.05) is 0 Å². The third-order valence-corrected chi connectivity index (χ3v) is 3.03. The minimum Gasteiger partial charge on any atom is -0.481 e. The van der Waals surface area contributed by atoms with Crippen molar-refractivity contribution in [3.63, 3.8) is 0 Å². The molecule has 0 aromatic carbocycles. The standard InChI is InChI=1S/C18H30O2/c1-2-3-4-5-6-7-8-9-10-11-12-13-14-15-16-17-18(19)20/h6-7,9-10,12-13H,2-5,8,11,14-17H2,1H3,(H,19,20)/b7-6-,10-9-,13-12+. The van der Waals surface area contributed by atoms with Gasteiger partial charge in [0.15, 0.2) is 0 Å². The summed E-state index contributed by atoms with van der Waals surface area (Å²) in [5.74, 6) is -0.695. The second kappa shape index (κ2) is 15.7. The number of unbranched alkanes of at least 4 members (excludes halogenated alkanes) is 5. The van der Waals surface area contributed by atoms with E-state index in [1.54, 1.807) is 0 Å². The van der Waals surface area contributed by atoms with Crippen molar-refractivity contribution in [3.8, 4) is 0 Å². The van der Waals surface area contributed by atoms with E-state index in [0.29, 0.717) is 6.42 Å². The molecular weight excluding hydrogens is 248 g/mol. The van der Waals surface area contributed by atoms with Crippen LogP contribution in [0.2, 0.25) is 0 Å². The highest BCUT2D eigenvalue weighted by molar-refractivity contribution is 5.66. The van der Waals surface area contributed by atoms with Crippen LogP contribution in [0.3, 0.4) is 0 Å². The first kappa shape index (κ1) is 18.7. The predicted molar refractivity (Wildman–Crippen MR) is 86.9 cm³/mol. The Morgan fingerprint density at radius 2 is 1.30 bits per heavy atom. The molecule has 0 aromatic heterocycles. The molecule has 0 amide bonds. The fourth-order valence-corrected chi connectivity index (χ4v) is 1.83. The number of rotatable bonds is 13. The molecule has 0 aliphatic heterocycles. The molecule has 0 radical (unpaired) electrons. The smallest absolute Gasteiger partial charge is 0.303 e. The highest BCUT2D eigenvalue weighted by Crippen LogP contribution is 2.02. The minimum atomic E-state index is -0.695. The van der Waals surface area contributed by atoms with E-state index in [0.717, 1.165) is 32.1 Å². The number of carbonyl (C=O) groups is 1. The Balaban J connectivity index is 3.32. The Morgan fingerprint density at radius 3 is 1.80 bits per heavy atom. The van der Waals surface area contributed by atoms with Crippen molar-refractivity contribution < 1.29 is 9.90 Å². The van der Waals surface area contributed by atoms with Gasteiger partial charge in [0.05, 0.1) is 0 Å². The number of allylic oxidation sites excluding steroid dienone is 6. The maximum absolute atomic E-state index is 10.3. The summed E-state index contributed by atoms with van der Waals surface area (Å²) in [4.78, 5) is 10.3. The van der Waals surface area contributed by atoms with Crippen LogP contribution in [0.15, 0.2) is 36.5 Å². The lowest BCUT2D eigenvalue weighted by atomic mass is 10.2.